The Kier molecular flexibility index (Phi) is 4.22. The quantitative estimate of drug-likeness (QED) is 0.345. The van der Waals surface area contributed by atoms with Crippen molar-refractivity contribution in [2.45, 2.75) is 51.1 Å². The van der Waals surface area contributed by atoms with E-state index < -0.39 is 5.91 Å². The number of nitrogen functional groups attached to an aromatic ring is 1. The number of aryl methyl sites for hydroxylation is 2. The summed E-state index contributed by atoms with van der Waals surface area (Å²) >= 11 is 0. The lowest BCUT2D eigenvalue weighted by molar-refractivity contribution is 0.100. The highest BCUT2D eigenvalue weighted by Crippen LogP contribution is 2.40. The molecule has 2 aliphatic rings. The van der Waals surface area contributed by atoms with Crippen LogP contribution in [0.15, 0.2) is 24.4 Å². The van der Waals surface area contributed by atoms with E-state index in [9.17, 15) is 4.79 Å². The predicted molar refractivity (Wildman–Crippen MR) is 127 cm³/mol. The Morgan fingerprint density at radius 3 is 2.76 bits per heavy atom. The number of fused-ring (bicyclic) bond motifs is 2. The molecule has 1 aromatic carbocycles. The molecule has 3 heterocycles. The van der Waals surface area contributed by atoms with Crippen molar-refractivity contribution < 1.29 is 9.53 Å². The second kappa shape index (κ2) is 6.95. The topological polar surface area (TPSA) is 137 Å². The van der Waals surface area contributed by atoms with Gasteiger partial charge in [0.1, 0.15) is 12.4 Å². The average molecular weight is 446 g/mol. The minimum absolute atomic E-state index is 0.0582. The number of nitrogens with zero attached hydrogens (tertiary/aromatic N) is 3. The van der Waals surface area contributed by atoms with Crippen molar-refractivity contribution in [1.29, 1.82) is 0 Å². The highest BCUT2D eigenvalue weighted by atomic mass is 16.5. The molecule has 0 radical (unpaired) electrons. The van der Waals surface area contributed by atoms with Crippen molar-refractivity contribution in [3.05, 3.63) is 41.1 Å². The summed E-state index contributed by atoms with van der Waals surface area (Å²) in [5, 5.41) is 12.4. The fraction of sp³-hybridized carbons (Fsp3) is 0.375. The normalized spacial score (nSPS) is 17.0. The third kappa shape index (κ3) is 3.22. The lowest BCUT2D eigenvalue weighted by atomic mass is 10.1. The van der Waals surface area contributed by atoms with Gasteiger partial charge in [-0.2, -0.15) is 10.1 Å². The van der Waals surface area contributed by atoms with Crippen LogP contribution >= 0.6 is 0 Å². The number of anilines is 1. The Balaban J connectivity index is 1.51. The largest absolute Gasteiger partial charge is 0.475 e. The van der Waals surface area contributed by atoms with Gasteiger partial charge in [0, 0.05) is 22.4 Å². The minimum atomic E-state index is -0.589. The van der Waals surface area contributed by atoms with Crippen LogP contribution in [0, 0.1) is 13.8 Å². The number of primary amides is 1. The Labute approximate surface area is 190 Å². The molecule has 2 aliphatic carbocycles. The van der Waals surface area contributed by atoms with Crippen LogP contribution in [-0.2, 0) is 0 Å². The molecule has 6 N–H and O–H groups in total. The summed E-state index contributed by atoms with van der Waals surface area (Å²) in [6, 6.07) is 6.47. The molecule has 33 heavy (non-hydrogen) atoms. The van der Waals surface area contributed by atoms with Crippen LogP contribution in [-0.4, -0.2) is 43.8 Å². The molecule has 6 rings (SSSR count). The van der Waals surface area contributed by atoms with Crippen molar-refractivity contribution in [3.8, 4) is 11.6 Å². The first-order chi connectivity index (χ1) is 15.9. The minimum Gasteiger partial charge on any atom is -0.475 e. The highest BCUT2D eigenvalue weighted by Gasteiger charge is 2.46. The van der Waals surface area contributed by atoms with Gasteiger partial charge in [-0.3, -0.25) is 14.5 Å². The number of carbonyl (C=O) groups is 1. The zero-order valence-electron chi connectivity index (χ0n) is 18.7. The van der Waals surface area contributed by atoms with Crippen molar-refractivity contribution in [1.82, 2.24) is 25.1 Å². The lowest BCUT2D eigenvalue weighted by Gasteiger charge is -2.18. The van der Waals surface area contributed by atoms with Crippen LogP contribution in [0.2, 0.25) is 0 Å². The third-order valence-corrected chi connectivity index (χ3v) is 6.82. The lowest BCUT2D eigenvalue weighted by Crippen LogP contribution is -2.38. The maximum Gasteiger partial charge on any atom is 0.253 e. The summed E-state index contributed by atoms with van der Waals surface area (Å²) in [6.07, 6.45) is 6.46. The number of H-pyrrole nitrogens is 1. The molecule has 2 fully saturated rings. The van der Waals surface area contributed by atoms with E-state index in [0.29, 0.717) is 29.6 Å². The molecule has 3 aromatic heterocycles. The summed E-state index contributed by atoms with van der Waals surface area (Å²) in [5.74, 6) is 0.208. The number of hydrogen-bond donors (Lipinski definition) is 4. The number of hydrogen-bond acceptors (Lipinski definition) is 6. The summed E-state index contributed by atoms with van der Waals surface area (Å²) < 4.78 is 8.04. The number of amides is 1. The standard InChI is InChI=1S/C24H27N7O2/c1-12-3-6-17-16(10-27-30-17)19(12)31-20(25)18(21(26)32)15-9-13(2)23(28-22(15)31)33-11-24(7-8-24)29-14-4-5-14/h3,6,9-10,14,29H,4-5,7-8,11,25H2,1-2H3,(H2,26,32)(H,27,30). The molecule has 4 aromatic rings. The highest BCUT2D eigenvalue weighted by molar-refractivity contribution is 6.11. The smallest absolute Gasteiger partial charge is 0.253 e. The zero-order chi connectivity index (χ0) is 22.9. The van der Waals surface area contributed by atoms with Gasteiger partial charge in [-0.25, -0.2) is 0 Å². The molecule has 0 bridgehead atoms. The molecule has 2 saturated carbocycles. The second-order valence-corrected chi connectivity index (χ2v) is 9.49. The Morgan fingerprint density at radius 1 is 1.27 bits per heavy atom. The second-order valence-electron chi connectivity index (χ2n) is 9.49. The van der Waals surface area contributed by atoms with Crippen molar-refractivity contribution in [2.75, 3.05) is 12.3 Å². The molecular formula is C24H27N7O2. The molecular weight excluding hydrogens is 418 g/mol. The average Bonchev–Trinajstić information content (AvgIpc) is 3.67. The fourth-order valence-corrected chi connectivity index (χ4v) is 4.69. The van der Waals surface area contributed by atoms with Crippen molar-refractivity contribution in [3.63, 3.8) is 0 Å². The van der Waals surface area contributed by atoms with E-state index in [1.807, 2.05) is 32.0 Å². The Morgan fingerprint density at radius 2 is 2.06 bits per heavy atom. The van der Waals surface area contributed by atoms with Crippen LogP contribution in [0.1, 0.15) is 47.2 Å². The molecule has 1 amide bonds. The van der Waals surface area contributed by atoms with E-state index in [4.69, 9.17) is 21.2 Å². The van der Waals surface area contributed by atoms with Crippen LogP contribution < -0.4 is 21.5 Å². The van der Waals surface area contributed by atoms with Gasteiger partial charge in [0.2, 0.25) is 5.88 Å². The Bertz CT molecular complexity index is 1430. The monoisotopic (exact) mass is 445 g/mol. The predicted octanol–water partition coefficient (Wildman–Crippen LogP) is 2.86. The van der Waals surface area contributed by atoms with Gasteiger partial charge in [-0.05, 0) is 57.2 Å². The van der Waals surface area contributed by atoms with Crippen LogP contribution in [0.25, 0.3) is 27.6 Å². The first-order valence-corrected chi connectivity index (χ1v) is 11.3. The maximum absolute atomic E-state index is 12.4. The van der Waals surface area contributed by atoms with Gasteiger partial charge < -0.3 is 21.5 Å². The van der Waals surface area contributed by atoms with Gasteiger partial charge in [0.05, 0.1) is 28.5 Å². The number of carbonyl (C=O) groups excluding carboxylic acids is 1. The number of nitrogens with two attached hydrogens (primary N) is 2. The van der Waals surface area contributed by atoms with E-state index >= 15 is 0 Å². The SMILES string of the molecule is Cc1cc2c(C(N)=O)c(N)n(-c3c(C)ccc4[nH]ncc34)c2nc1OCC1(NC2CC2)CC1. The van der Waals surface area contributed by atoms with Crippen molar-refractivity contribution >= 4 is 33.7 Å². The van der Waals surface area contributed by atoms with E-state index in [1.165, 1.54) is 12.8 Å². The molecule has 9 heteroatoms. The number of ether oxygens (including phenoxy) is 1. The molecule has 0 spiro atoms. The summed E-state index contributed by atoms with van der Waals surface area (Å²) in [7, 11) is 0. The molecule has 0 aliphatic heterocycles. The van der Waals surface area contributed by atoms with Gasteiger partial charge in [0.25, 0.3) is 5.91 Å². The molecule has 0 saturated heterocycles. The van der Waals surface area contributed by atoms with E-state index in [2.05, 4.69) is 15.5 Å². The van der Waals surface area contributed by atoms with E-state index in [0.717, 1.165) is 40.6 Å². The zero-order valence-corrected chi connectivity index (χ0v) is 18.7. The third-order valence-electron chi connectivity index (χ3n) is 6.82. The summed E-state index contributed by atoms with van der Waals surface area (Å²) in [4.78, 5) is 17.3. The number of rotatable bonds is 7. The van der Waals surface area contributed by atoms with Gasteiger partial charge in [-0.1, -0.05) is 6.07 Å². The number of pyridine rings is 1. The number of nitrogens with one attached hydrogen (secondary N) is 2. The van der Waals surface area contributed by atoms with Gasteiger partial charge >= 0.3 is 0 Å². The number of aromatic amines is 1. The Hall–Kier alpha value is -3.59. The van der Waals surface area contributed by atoms with Gasteiger partial charge in [-0.15, -0.1) is 0 Å². The van der Waals surface area contributed by atoms with E-state index in [1.54, 1.807) is 10.8 Å². The van der Waals surface area contributed by atoms with E-state index in [-0.39, 0.29) is 16.9 Å². The molecule has 0 atom stereocenters. The maximum atomic E-state index is 12.4. The fourth-order valence-electron chi connectivity index (χ4n) is 4.69. The molecule has 9 nitrogen and oxygen atoms in total. The summed E-state index contributed by atoms with van der Waals surface area (Å²) in [6.45, 7) is 4.48. The molecule has 0 unspecified atom stereocenters. The van der Waals surface area contributed by atoms with Crippen LogP contribution in [0.4, 0.5) is 5.82 Å². The first-order valence-electron chi connectivity index (χ1n) is 11.3. The van der Waals surface area contributed by atoms with Crippen molar-refractivity contribution in [2.24, 2.45) is 5.73 Å². The van der Waals surface area contributed by atoms with Gasteiger partial charge in [0.15, 0.2) is 5.65 Å². The number of benzene rings is 1. The number of aromatic nitrogens is 4. The van der Waals surface area contributed by atoms with Crippen LogP contribution in [0.5, 0.6) is 5.88 Å². The summed E-state index contributed by atoms with van der Waals surface area (Å²) in [5.41, 5.74) is 16.6. The molecule has 170 valence electrons. The van der Waals surface area contributed by atoms with Crippen LogP contribution in [0.3, 0.4) is 0 Å². The first kappa shape index (κ1) is 20.0.